The van der Waals surface area contributed by atoms with Gasteiger partial charge in [0.15, 0.2) is 10.9 Å². The summed E-state index contributed by atoms with van der Waals surface area (Å²) >= 11 is 6.68. The third-order valence-electron chi connectivity index (χ3n) is 3.92. The molecule has 0 fully saturated rings. The van der Waals surface area contributed by atoms with Crippen molar-refractivity contribution in [2.24, 2.45) is 0 Å². The molecule has 3 aromatic heterocycles. The van der Waals surface area contributed by atoms with Crippen molar-refractivity contribution in [2.75, 3.05) is 5.32 Å². The number of aromatic nitrogens is 4. The maximum absolute atomic E-state index is 12.0. The Bertz CT molecular complexity index is 1190. The molecule has 2 N–H and O–H groups in total. The summed E-state index contributed by atoms with van der Waals surface area (Å²) in [5.74, 6) is 1.06. The summed E-state index contributed by atoms with van der Waals surface area (Å²) in [5.41, 5.74) is 1.66. The quantitative estimate of drug-likeness (QED) is 0.374. The summed E-state index contributed by atoms with van der Waals surface area (Å²) in [4.78, 5) is 12.7. The van der Waals surface area contributed by atoms with Gasteiger partial charge in [-0.2, -0.15) is 9.61 Å². The molecule has 8 nitrogen and oxygen atoms in total. The zero-order valence-corrected chi connectivity index (χ0v) is 17.0. The van der Waals surface area contributed by atoms with E-state index in [1.54, 1.807) is 22.7 Å². The number of aryl methyl sites for hydroxylation is 1. The number of nitrogens with one attached hydrogen (secondary N) is 2. The second-order valence-corrected chi connectivity index (χ2v) is 7.31. The second kappa shape index (κ2) is 8.33. The number of thiocarbonyl (C=S) groups is 1. The van der Waals surface area contributed by atoms with Gasteiger partial charge in [0.25, 0.3) is 0 Å². The van der Waals surface area contributed by atoms with E-state index in [4.69, 9.17) is 16.6 Å². The maximum Gasteiger partial charge on any atom is 0.250 e. The average Bonchev–Trinajstić information content (AvgIpc) is 3.43. The van der Waals surface area contributed by atoms with Gasteiger partial charge in [-0.05, 0) is 42.6 Å². The van der Waals surface area contributed by atoms with Crippen LogP contribution in [0.2, 0.25) is 0 Å². The van der Waals surface area contributed by atoms with Crippen molar-refractivity contribution in [2.45, 2.75) is 13.3 Å². The van der Waals surface area contributed by atoms with Gasteiger partial charge in [-0.3, -0.25) is 10.1 Å². The van der Waals surface area contributed by atoms with E-state index in [-0.39, 0.29) is 11.0 Å². The molecule has 1 aromatic carbocycles. The van der Waals surface area contributed by atoms with E-state index >= 15 is 0 Å². The van der Waals surface area contributed by atoms with Gasteiger partial charge in [-0.15, -0.1) is 10.2 Å². The first-order valence-corrected chi connectivity index (χ1v) is 10.00. The lowest BCUT2D eigenvalue weighted by Gasteiger charge is -2.09. The summed E-state index contributed by atoms with van der Waals surface area (Å²) in [5, 5.41) is 19.5. The molecule has 0 aliphatic rings. The van der Waals surface area contributed by atoms with Crippen molar-refractivity contribution in [1.82, 2.24) is 25.1 Å². The first kappa shape index (κ1) is 19.0. The molecule has 29 heavy (non-hydrogen) atoms. The lowest BCUT2D eigenvalue weighted by atomic mass is 10.2. The predicted molar refractivity (Wildman–Crippen MR) is 116 cm³/mol. The number of fused-ring (bicyclic) bond motifs is 1. The highest BCUT2D eigenvalue weighted by molar-refractivity contribution is 7.80. The Kier molecular flexibility index (Phi) is 5.45. The van der Waals surface area contributed by atoms with E-state index in [2.05, 4.69) is 25.9 Å². The largest absolute Gasteiger partial charge is 0.465 e. The van der Waals surface area contributed by atoms with Crippen molar-refractivity contribution in [3.05, 3.63) is 60.3 Å². The van der Waals surface area contributed by atoms with Crippen LogP contribution in [0.4, 0.5) is 5.69 Å². The van der Waals surface area contributed by atoms with Gasteiger partial charge >= 0.3 is 0 Å². The lowest BCUT2D eigenvalue weighted by molar-refractivity contribution is -0.115. The van der Waals surface area contributed by atoms with Crippen LogP contribution in [-0.4, -0.2) is 30.8 Å². The molecule has 0 saturated heterocycles. The monoisotopic (exact) mass is 424 g/mol. The molecule has 0 saturated carbocycles. The molecular weight excluding hydrogens is 408 g/mol. The Morgan fingerprint density at radius 1 is 1.31 bits per heavy atom. The third-order valence-corrected chi connectivity index (χ3v) is 5.07. The number of benzene rings is 1. The highest BCUT2D eigenvalue weighted by Crippen LogP contribution is 2.27. The fourth-order valence-corrected chi connectivity index (χ4v) is 3.66. The van der Waals surface area contributed by atoms with Crippen molar-refractivity contribution >= 4 is 51.3 Å². The highest BCUT2D eigenvalue weighted by atomic mass is 32.1. The maximum atomic E-state index is 12.0. The summed E-state index contributed by atoms with van der Waals surface area (Å²) in [6, 6.07) is 11.1. The molecule has 1 amide bonds. The van der Waals surface area contributed by atoms with Crippen LogP contribution in [0.5, 0.6) is 0 Å². The molecule has 4 rings (SSSR count). The van der Waals surface area contributed by atoms with Gasteiger partial charge in [0, 0.05) is 23.7 Å². The molecule has 0 bridgehead atoms. The number of furan rings is 1. The fraction of sp³-hybridized carbons (Fsp3) is 0.105. The van der Waals surface area contributed by atoms with Gasteiger partial charge in [-0.1, -0.05) is 30.4 Å². The summed E-state index contributed by atoms with van der Waals surface area (Å²) in [6.07, 6.45) is 5.22. The van der Waals surface area contributed by atoms with Crippen LogP contribution in [0.1, 0.15) is 18.5 Å². The van der Waals surface area contributed by atoms with Crippen LogP contribution in [-0.2, 0) is 11.2 Å². The summed E-state index contributed by atoms with van der Waals surface area (Å²) in [6.45, 7) is 2.01. The van der Waals surface area contributed by atoms with E-state index in [1.165, 1.54) is 23.7 Å². The molecule has 3 heterocycles. The van der Waals surface area contributed by atoms with Gasteiger partial charge in [0.05, 0.1) is 6.26 Å². The standard InChI is InChI=1S/C19H16N6O2S2/c1-2-15-22-23-19-25(15)24-17(29-19)12-5-3-6-13(11-12)20-18(28)21-16(26)9-8-14-7-4-10-27-14/h3-11H,2H2,1H3,(H2,20,21,26,28)/b9-8+. The van der Waals surface area contributed by atoms with E-state index < -0.39 is 0 Å². The summed E-state index contributed by atoms with van der Waals surface area (Å²) in [7, 11) is 0. The first-order valence-electron chi connectivity index (χ1n) is 8.77. The third kappa shape index (κ3) is 4.39. The van der Waals surface area contributed by atoms with Crippen LogP contribution < -0.4 is 10.6 Å². The molecule has 0 radical (unpaired) electrons. The number of carbonyl (C=O) groups is 1. The molecule has 0 unspecified atom stereocenters. The van der Waals surface area contributed by atoms with Crippen molar-refractivity contribution in [3.63, 3.8) is 0 Å². The minimum Gasteiger partial charge on any atom is -0.465 e. The van der Waals surface area contributed by atoms with Crippen molar-refractivity contribution in [1.29, 1.82) is 0 Å². The topological polar surface area (TPSA) is 97.3 Å². The normalized spacial score (nSPS) is 11.2. The van der Waals surface area contributed by atoms with E-state index in [0.717, 1.165) is 33.5 Å². The van der Waals surface area contributed by atoms with Gasteiger partial charge in [0.1, 0.15) is 10.8 Å². The van der Waals surface area contributed by atoms with Crippen LogP contribution in [0.25, 0.3) is 21.6 Å². The molecule has 0 aliphatic heterocycles. The van der Waals surface area contributed by atoms with Crippen LogP contribution in [0.3, 0.4) is 0 Å². The smallest absolute Gasteiger partial charge is 0.250 e. The average molecular weight is 425 g/mol. The minimum absolute atomic E-state index is 0.197. The second-order valence-electron chi connectivity index (χ2n) is 5.94. The summed E-state index contributed by atoms with van der Waals surface area (Å²) < 4.78 is 6.90. The molecule has 0 spiro atoms. The highest BCUT2D eigenvalue weighted by Gasteiger charge is 2.12. The molecule has 146 valence electrons. The van der Waals surface area contributed by atoms with Crippen LogP contribution >= 0.6 is 23.6 Å². The van der Waals surface area contributed by atoms with E-state index in [1.807, 2.05) is 31.2 Å². The molecular formula is C19H16N6O2S2. The molecule has 10 heteroatoms. The van der Waals surface area contributed by atoms with Crippen molar-refractivity contribution in [3.8, 4) is 10.6 Å². The SMILES string of the molecule is CCc1nnc2sc(-c3cccc(NC(=S)NC(=O)/C=C/c4ccco4)c3)nn12. The Morgan fingerprint density at radius 3 is 3.00 bits per heavy atom. The predicted octanol–water partition coefficient (Wildman–Crippen LogP) is 3.53. The number of rotatable bonds is 5. The Morgan fingerprint density at radius 2 is 2.21 bits per heavy atom. The number of hydrogen-bond acceptors (Lipinski definition) is 7. The fourth-order valence-electron chi connectivity index (χ4n) is 2.58. The number of amides is 1. The number of carbonyl (C=O) groups excluding carboxylic acids is 1. The van der Waals surface area contributed by atoms with E-state index in [9.17, 15) is 4.79 Å². The molecule has 0 atom stereocenters. The first-order chi connectivity index (χ1) is 14.1. The number of hydrogen-bond donors (Lipinski definition) is 2. The van der Waals surface area contributed by atoms with Crippen LogP contribution in [0.15, 0.2) is 53.2 Å². The lowest BCUT2D eigenvalue weighted by Crippen LogP contribution is -2.32. The Hall–Kier alpha value is -3.37. The number of anilines is 1. The Balaban J connectivity index is 1.43. The van der Waals surface area contributed by atoms with Gasteiger partial charge < -0.3 is 9.73 Å². The van der Waals surface area contributed by atoms with E-state index in [0.29, 0.717) is 5.76 Å². The zero-order valence-electron chi connectivity index (χ0n) is 15.3. The number of nitrogens with zero attached hydrogens (tertiary/aromatic N) is 4. The minimum atomic E-state index is -0.351. The molecule has 0 aliphatic carbocycles. The van der Waals surface area contributed by atoms with Gasteiger partial charge in [0.2, 0.25) is 10.9 Å². The van der Waals surface area contributed by atoms with Crippen LogP contribution in [0, 0.1) is 0 Å². The Labute approximate surface area is 175 Å². The molecule has 4 aromatic rings. The van der Waals surface area contributed by atoms with Gasteiger partial charge in [-0.25, -0.2) is 0 Å². The zero-order chi connectivity index (χ0) is 20.2. The van der Waals surface area contributed by atoms with Crippen molar-refractivity contribution < 1.29 is 9.21 Å².